The molecule has 1 aliphatic heterocycles. The van der Waals surface area contributed by atoms with Gasteiger partial charge in [-0.25, -0.2) is 0 Å². The van der Waals surface area contributed by atoms with Crippen molar-refractivity contribution < 1.29 is 0 Å². The lowest BCUT2D eigenvalue weighted by atomic mass is 10.1. The van der Waals surface area contributed by atoms with E-state index < -0.39 is 0 Å². The minimum atomic E-state index is 0.955. The quantitative estimate of drug-likeness (QED) is 0.512. The number of benzene rings is 1. The zero-order valence-electron chi connectivity index (χ0n) is 6.67. The topological polar surface area (TPSA) is 12.4 Å². The summed E-state index contributed by atoms with van der Waals surface area (Å²) in [5.41, 5.74) is 1.34. The van der Waals surface area contributed by atoms with E-state index in [0.29, 0.717) is 0 Å². The third-order valence-corrected chi connectivity index (χ3v) is 2.06. The Morgan fingerprint density at radius 1 is 1.36 bits per heavy atom. The molecule has 0 saturated heterocycles. The molecule has 0 amide bonds. The van der Waals surface area contributed by atoms with Crippen LogP contribution in [0.1, 0.15) is 12.0 Å². The Hall–Kier alpha value is -1.11. The molecule has 1 heterocycles. The second-order valence-corrected chi connectivity index (χ2v) is 2.88. The van der Waals surface area contributed by atoms with Crippen LogP contribution >= 0.6 is 0 Å². The molecule has 0 aliphatic carbocycles. The zero-order chi connectivity index (χ0) is 7.68. The maximum Gasteiger partial charge on any atom is 0.0646 e. The third kappa shape index (κ3) is 1.07. The molecule has 0 unspecified atom stereocenters. The smallest absolute Gasteiger partial charge is 0.0646 e. The lowest BCUT2D eigenvalue weighted by molar-refractivity contribution is 0.955. The molecule has 1 aromatic carbocycles. The monoisotopic (exact) mass is 145 g/mol. The second-order valence-electron chi connectivity index (χ2n) is 2.88. The lowest BCUT2D eigenvalue weighted by Crippen LogP contribution is -2.29. The van der Waals surface area contributed by atoms with Crippen LogP contribution in [0.15, 0.2) is 23.2 Å². The number of fused-ring (bicyclic) bond motifs is 1. The normalized spacial score (nSPS) is 14.6. The minimum absolute atomic E-state index is 0.955. The molecular formula is C10H11N. The van der Waals surface area contributed by atoms with E-state index in [9.17, 15) is 0 Å². The summed E-state index contributed by atoms with van der Waals surface area (Å²) in [6.45, 7) is 3.09. The van der Waals surface area contributed by atoms with E-state index in [1.165, 1.54) is 10.8 Å². The molecule has 1 aromatic rings. The Kier molecular flexibility index (Phi) is 1.50. The van der Waals surface area contributed by atoms with Crippen molar-refractivity contribution >= 4 is 6.08 Å². The molecule has 1 heteroatoms. The van der Waals surface area contributed by atoms with E-state index in [1.54, 1.807) is 0 Å². The largest absolute Gasteiger partial charge is 0.284 e. The van der Waals surface area contributed by atoms with Crippen molar-refractivity contribution in [2.24, 2.45) is 4.99 Å². The Bertz CT molecular complexity index is 376. The minimum Gasteiger partial charge on any atom is -0.284 e. The Labute approximate surface area is 66.1 Å². The highest BCUT2D eigenvalue weighted by molar-refractivity contribution is 5.30. The van der Waals surface area contributed by atoms with Crippen molar-refractivity contribution in [1.29, 1.82) is 0 Å². The van der Waals surface area contributed by atoms with E-state index in [2.05, 4.69) is 36.2 Å². The van der Waals surface area contributed by atoms with Crippen molar-refractivity contribution in [3.8, 4) is 0 Å². The van der Waals surface area contributed by atoms with Gasteiger partial charge in [0.15, 0.2) is 0 Å². The van der Waals surface area contributed by atoms with Crippen LogP contribution in [0, 0.1) is 6.92 Å². The molecule has 0 saturated carbocycles. The maximum atomic E-state index is 4.42. The molecular weight excluding hydrogens is 134 g/mol. The average Bonchev–Trinajstić information content (AvgIpc) is 2.06. The summed E-state index contributed by atoms with van der Waals surface area (Å²) in [7, 11) is 0. The van der Waals surface area contributed by atoms with Gasteiger partial charge in [0.25, 0.3) is 0 Å². The van der Waals surface area contributed by atoms with Crippen molar-refractivity contribution in [3.63, 3.8) is 0 Å². The van der Waals surface area contributed by atoms with Gasteiger partial charge in [-0.2, -0.15) is 0 Å². The molecule has 56 valence electrons. The van der Waals surface area contributed by atoms with Crippen LogP contribution in [-0.4, -0.2) is 6.54 Å². The van der Waals surface area contributed by atoms with Crippen LogP contribution in [0.4, 0.5) is 0 Å². The fourth-order valence-corrected chi connectivity index (χ4v) is 1.46. The second kappa shape index (κ2) is 2.50. The van der Waals surface area contributed by atoms with Gasteiger partial charge in [0, 0.05) is 6.54 Å². The van der Waals surface area contributed by atoms with Crippen LogP contribution < -0.4 is 10.6 Å². The van der Waals surface area contributed by atoms with Gasteiger partial charge in [0.1, 0.15) is 0 Å². The molecule has 11 heavy (non-hydrogen) atoms. The predicted molar refractivity (Wildman–Crippen MR) is 45.9 cm³/mol. The van der Waals surface area contributed by atoms with Crippen LogP contribution in [-0.2, 0) is 0 Å². The van der Waals surface area contributed by atoms with E-state index in [1.807, 2.05) is 0 Å². The fourth-order valence-electron chi connectivity index (χ4n) is 1.46. The highest BCUT2D eigenvalue weighted by Crippen LogP contribution is 1.90. The molecule has 0 bridgehead atoms. The van der Waals surface area contributed by atoms with Gasteiger partial charge in [-0.1, -0.05) is 18.2 Å². The van der Waals surface area contributed by atoms with Crippen LogP contribution in [0.25, 0.3) is 6.08 Å². The number of nitrogens with zero attached hydrogens (tertiary/aromatic N) is 1. The first-order valence-corrected chi connectivity index (χ1v) is 3.98. The molecule has 0 N–H and O–H groups in total. The maximum absolute atomic E-state index is 4.42. The first-order valence-electron chi connectivity index (χ1n) is 3.98. The number of rotatable bonds is 0. The van der Waals surface area contributed by atoms with Crippen molar-refractivity contribution in [2.45, 2.75) is 13.3 Å². The molecule has 0 atom stereocenters. The molecule has 0 aromatic heterocycles. The summed E-state index contributed by atoms with van der Waals surface area (Å²) in [5, 5.41) is 2.50. The number of aryl methyl sites for hydroxylation is 1. The van der Waals surface area contributed by atoms with E-state index >= 15 is 0 Å². The summed E-state index contributed by atoms with van der Waals surface area (Å²) in [4.78, 5) is 4.42. The van der Waals surface area contributed by atoms with Crippen molar-refractivity contribution in [2.75, 3.05) is 6.54 Å². The summed E-state index contributed by atoms with van der Waals surface area (Å²) >= 11 is 0. The lowest BCUT2D eigenvalue weighted by Gasteiger charge is -2.00. The summed E-state index contributed by atoms with van der Waals surface area (Å²) in [6.07, 6.45) is 3.37. The molecule has 0 radical (unpaired) electrons. The van der Waals surface area contributed by atoms with Gasteiger partial charge in [0.05, 0.1) is 5.36 Å². The van der Waals surface area contributed by atoms with Crippen molar-refractivity contribution in [1.82, 2.24) is 0 Å². The van der Waals surface area contributed by atoms with Gasteiger partial charge >= 0.3 is 0 Å². The average molecular weight is 145 g/mol. The van der Waals surface area contributed by atoms with E-state index in [-0.39, 0.29) is 0 Å². The van der Waals surface area contributed by atoms with Gasteiger partial charge < -0.3 is 0 Å². The first kappa shape index (κ1) is 6.59. The van der Waals surface area contributed by atoms with Crippen molar-refractivity contribution in [3.05, 3.63) is 34.3 Å². The molecule has 1 aliphatic rings. The molecule has 0 spiro atoms. The third-order valence-electron chi connectivity index (χ3n) is 2.06. The fraction of sp³-hybridized carbons (Fsp3) is 0.300. The van der Waals surface area contributed by atoms with Crippen LogP contribution in [0.3, 0.4) is 0 Å². The Balaban J connectivity index is 2.88. The zero-order valence-corrected chi connectivity index (χ0v) is 6.67. The number of hydrogen-bond donors (Lipinski definition) is 0. The van der Waals surface area contributed by atoms with Gasteiger partial charge in [-0.05, 0) is 30.2 Å². The molecule has 2 rings (SSSR count). The first-order chi connectivity index (χ1) is 5.38. The summed E-state index contributed by atoms with van der Waals surface area (Å²) in [5.74, 6) is 0. The molecule has 1 nitrogen and oxygen atoms in total. The molecule has 0 fully saturated rings. The summed E-state index contributed by atoms with van der Waals surface area (Å²) < 4.78 is 0. The Morgan fingerprint density at radius 3 is 3.09 bits per heavy atom. The van der Waals surface area contributed by atoms with Gasteiger partial charge in [-0.15, -0.1) is 0 Å². The van der Waals surface area contributed by atoms with Gasteiger partial charge in [-0.3, -0.25) is 4.99 Å². The SMILES string of the molecule is Cc1cccc2c1=CCCN=2. The van der Waals surface area contributed by atoms with Crippen LogP contribution in [0.2, 0.25) is 0 Å². The standard InChI is InChI=1S/C10H11N/c1-8-4-2-6-10-9(8)5-3-7-11-10/h2,4-6H,3,7H2,1H3. The highest BCUT2D eigenvalue weighted by Gasteiger charge is 1.94. The highest BCUT2D eigenvalue weighted by atomic mass is 14.7. The van der Waals surface area contributed by atoms with Gasteiger partial charge in [0.2, 0.25) is 0 Å². The Morgan fingerprint density at radius 2 is 2.27 bits per heavy atom. The number of hydrogen-bond acceptors (Lipinski definition) is 1. The van der Waals surface area contributed by atoms with E-state index in [4.69, 9.17) is 0 Å². The predicted octanol–water partition coefficient (Wildman–Crippen LogP) is 0.799. The summed E-state index contributed by atoms with van der Waals surface area (Å²) in [6, 6.07) is 6.28. The van der Waals surface area contributed by atoms with Crippen LogP contribution in [0.5, 0.6) is 0 Å². The van der Waals surface area contributed by atoms with E-state index in [0.717, 1.165) is 18.3 Å².